The second-order valence-electron chi connectivity index (χ2n) is 8.10. The van der Waals surface area contributed by atoms with Gasteiger partial charge in [0, 0.05) is 17.7 Å². The first-order valence-corrected chi connectivity index (χ1v) is 11.8. The summed E-state index contributed by atoms with van der Waals surface area (Å²) in [5.41, 5.74) is 1.34. The van der Waals surface area contributed by atoms with Crippen molar-refractivity contribution < 1.29 is 14.5 Å². The number of nitro groups is 1. The molecule has 0 aliphatic heterocycles. The monoisotopic (exact) mass is 437 g/mol. The lowest BCUT2D eigenvalue weighted by Gasteiger charge is -2.07. The van der Waals surface area contributed by atoms with E-state index in [0.717, 1.165) is 17.7 Å². The Morgan fingerprint density at radius 2 is 1.41 bits per heavy atom. The lowest BCUT2D eigenvalue weighted by Crippen LogP contribution is -1.99. The quantitative estimate of drug-likeness (QED) is 0.0883. The highest BCUT2D eigenvalue weighted by Gasteiger charge is 2.05. The number of hydrogen-bond donors (Lipinski definition) is 0. The number of hydrogen-bond acceptors (Lipinski definition) is 4. The third kappa shape index (κ3) is 9.90. The number of rotatable bonds is 16. The van der Waals surface area contributed by atoms with Crippen LogP contribution in [0.1, 0.15) is 87.1 Å². The van der Waals surface area contributed by atoms with Gasteiger partial charge in [-0.25, -0.2) is 0 Å². The Morgan fingerprint density at radius 1 is 0.844 bits per heavy atom. The van der Waals surface area contributed by atoms with Crippen molar-refractivity contribution in [1.29, 1.82) is 0 Å². The lowest BCUT2D eigenvalue weighted by molar-refractivity contribution is -0.384. The van der Waals surface area contributed by atoms with Crippen LogP contribution in [-0.2, 0) is 0 Å². The Hall–Kier alpha value is -2.95. The fourth-order valence-electron chi connectivity index (χ4n) is 3.47. The lowest BCUT2D eigenvalue weighted by atomic mass is 10.1. The smallest absolute Gasteiger partial charge is 0.269 e. The number of benzene rings is 2. The molecule has 0 radical (unpaired) electrons. The maximum absolute atomic E-state index is 12.3. The summed E-state index contributed by atoms with van der Waals surface area (Å²) >= 11 is 0. The summed E-state index contributed by atoms with van der Waals surface area (Å²) < 4.78 is 5.79. The molecule has 0 fully saturated rings. The van der Waals surface area contributed by atoms with E-state index in [1.807, 2.05) is 12.1 Å². The van der Waals surface area contributed by atoms with Gasteiger partial charge in [0.2, 0.25) is 0 Å². The number of allylic oxidation sites excluding steroid dienone is 1. The van der Waals surface area contributed by atoms with Gasteiger partial charge in [-0.3, -0.25) is 14.9 Å². The molecule has 5 nitrogen and oxygen atoms in total. The van der Waals surface area contributed by atoms with Crippen molar-refractivity contribution in [1.82, 2.24) is 0 Å². The highest BCUT2D eigenvalue weighted by Crippen LogP contribution is 2.16. The van der Waals surface area contributed by atoms with E-state index in [0.29, 0.717) is 12.2 Å². The number of ether oxygens (including phenoxy) is 1. The van der Waals surface area contributed by atoms with E-state index in [9.17, 15) is 14.9 Å². The van der Waals surface area contributed by atoms with Gasteiger partial charge in [0.15, 0.2) is 5.78 Å². The van der Waals surface area contributed by atoms with Gasteiger partial charge < -0.3 is 4.74 Å². The summed E-state index contributed by atoms with van der Waals surface area (Å²) in [7, 11) is 0. The zero-order valence-corrected chi connectivity index (χ0v) is 19.1. The predicted octanol–water partition coefficient (Wildman–Crippen LogP) is 7.79. The molecule has 0 saturated heterocycles. The van der Waals surface area contributed by atoms with Crippen molar-refractivity contribution in [3.63, 3.8) is 0 Å². The molecule has 0 unspecified atom stereocenters. The first-order chi connectivity index (χ1) is 15.6. The molecule has 2 aromatic rings. The van der Waals surface area contributed by atoms with Crippen LogP contribution in [0.5, 0.6) is 5.75 Å². The van der Waals surface area contributed by atoms with Crippen molar-refractivity contribution in [2.75, 3.05) is 6.61 Å². The third-order valence-electron chi connectivity index (χ3n) is 5.44. The normalized spacial score (nSPS) is 11.0. The molecular weight excluding hydrogens is 402 g/mol. The van der Waals surface area contributed by atoms with Crippen molar-refractivity contribution >= 4 is 17.5 Å². The molecule has 2 rings (SSSR count). The Morgan fingerprint density at radius 3 is 1.97 bits per heavy atom. The van der Waals surface area contributed by atoms with Gasteiger partial charge in [0.05, 0.1) is 11.5 Å². The van der Waals surface area contributed by atoms with Gasteiger partial charge in [-0.15, -0.1) is 0 Å². The minimum atomic E-state index is -0.446. The van der Waals surface area contributed by atoms with E-state index in [-0.39, 0.29) is 11.5 Å². The molecule has 0 saturated carbocycles. The largest absolute Gasteiger partial charge is 0.494 e. The molecule has 0 heterocycles. The highest BCUT2D eigenvalue weighted by molar-refractivity contribution is 6.06. The fraction of sp³-hybridized carbons (Fsp3) is 0.444. The summed E-state index contributed by atoms with van der Waals surface area (Å²) in [6, 6.07) is 13.2. The van der Waals surface area contributed by atoms with E-state index in [1.54, 1.807) is 30.3 Å². The Balaban J connectivity index is 1.63. The van der Waals surface area contributed by atoms with Crippen LogP contribution in [0, 0.1) is 10.1 Å². The third-order valence-corrected chi connectivity index (χ3v) is 5.44. The molecule has 0 spiro atoms. The number of nitro benzene ring substituents is 1. The van der Waals surface area contributed by atoms with Crippen LogP contribution in [0.2, 0.25) is 0 Å². The minimum Gasteiger partial charge on any atom is -0.494 e. The van der Waals surface area contributed by atoms with Gasteiger partial charge in [0.1, 0.15) is 5.75 Å². The van der Waals surface area contributed by atoms with Crippen LogP contribution in [0.4, 0.5) is 5.69 Å². The van der Waals surface area contributed by atoms with Crippen molar-refractivity contribution in [3.8, 4) is 5.75 Å². The molecule has 32 heavy (non-hydrogen) atoms. The van der Waals surface area contributed by atoms with E-state index in [4.69, 9.17) is 4.74 Å². The SMILES string of the molecule is CCCCCCCCCCCCOc1ccc(C(=O)/C=C/c2ccc([N+](=O)[O-])cc2)cc1. The van der Waals surface area contributed by atoms with Crippen LogP contribution >= 0.6 is 0 Å². The van der Waals surface area contributed by atoms with Crippen LogP contribution in [0.25, 0.3) is 6.08 Å². The standard InChI is InChI=1S/C27H35NO4/c1-2-3-4-5-6-7-8-9-10-11-22-32-26-19-15-24(16-20-26)27(29)21-14-23-12-17-25(18-13-23)28(30)31/h12-21H,2-11,22H2,1H3/b21-14+. The van der Waals surface area contributed by atoms with Gasteiger partial charge in [-0.05, 0) is 54.5 Å². The zero-order chi connectivity index (χ0) is 23.0. The van der Waals surface area contributed by atoms with E-state index in [1.165, 1.54) is 76.0 Å². The summed E-state index contributed by atoms with van der Waals surface area (Å²) in [6.07, 6.45) is 16.1. The second-order valence-corrected chi connectivity index (χ2v) is 8.10. The Labute approximate surface area is 191 Å². The number of carbonyl (C=O) groups excluding carboxylic acids is 1. The van der Waals surface area contributed by atoms with Crippen LogP contribution in [-0.4, -0.2) is 17.3 Å². The molecule has 0 aromatic heterocycles. The number of non-ortho nitro benzene ring substituents is 1. The van der Waals surface area contributed by atoms with Crippen molar-refractivity contribution in [2.24, 2.45) is 0 Å². The van der Waals surface area contributed by atoms with Crippen LogP contribution in [0.3, 0.4) is 0 Å². The maximum Gasteiger partial charge on any atom is 0.269 e. The maximum atomic E-state index is 12.3. The molecule has 0 aliphatic rings. The first-order valence-electron chi connectivity index (χ1n) is 11.8. The zero-order valence-electron chi connectivity index (χ0n) is 19.1. The average Bonchev–Trinajstić information content (AvgIpc) is 2.81. The topological polar surface area (TPSA) is 69.4 Å². The highest BCUT2D eigenvalue weighted by atomic mass is 16.6. The molecular formula is C27H35NO4. The fourth-order valence-corrected chi connectivity index (χ4v) is 3.47. The average molecular weight is 438 g/mol. The van der Waals surface area contributed by atoms with Gasteiger partial charge in [-0.2, -0.15) is 0 Å². The summed E-state index contributed by atoms with van der Waals surface area (Å²) in [5.74, 6) is 0.654. The van der Waals surface area contributed by atoms with E-state index >= 15 is 0 Å². The molecule has 2 aromatic carbocycles. The number of unbranched alkanes of at least 4 members (excludes halogenated alkanes) is 9. The summed E-state index contributed by atoms with van der Waals surface area (Å²) in [4.78, 5) is 22.6. The summed E-state index contributed by atoms with van der Waals surface area (Å²) in [6.45, 7) is 2.95. The van der Waals surface area contributed by atoms with E-state index in [2.05, 4.69) is 6.92 Å². The predicted molar refractivity (Wildman–Crippen MR) is 130 cm³/mol. The summed E-state index contributed by atoms with van der Waals surface area (Å²) in [5, 5.41) is 10.7. The van der Waals surface area contributed by atoms with Crippen molar-refractivity contribution in [2.45, 2.75) is 71.1 Å². The Bertz CT molecular complexity index is 841. The first kappa shape index (κ1) is 25.3. The van der Waals surface area contributed by atoms with Crippen LogP contribution in [0.15, 0.2) is 54.6 Å². The molecule has 0 N–H and O–H groups in total. The van der Waals surface area contributed by atoms with Gasteiger partial charge >= 0.3 is 0 Å². The second kappa shape index (κ2) is 15.0. The molecule has 172 valence electrons. The van der Waals surface area contributed by atoms with E-state index < -0.39 is 4.92 Å². The number of ketones is 1. The molecule has 0 atom stereocenters. The number of carbonyl (C=O) groups is 1. The van der Waals surface area contributed by atoms with Crippen molar-refractivity contribution in [3.05, 3.63) is 75.8 Å². The Kier molecular flexibility index (Phi) is 11.8. The number of nitrogens with zero attached hydrogens (tertiary/aromatic N) is 1. The molecule has 0 amide bonds. The van der Waals surface area contributed by atoms with Gasteiger partial charge in [0.25, 0.3) is 5.69 Å². The molecule has 5 heteroatoms. The van der Waals surface area contributed by atoms with Crippen LogP contribution < -0.4 is 4.74 Å². The molecule has 0 aliphatic carbocycles. The minimum absolute atomic E-state index is 0.0295. The van der Waals surface area contributed by atoms with Gasteiger partial charge in [-0.1, -0.05) is 70.8 Å². The molecule has 0 bridgehead atoms.